The second kappa shape index (κ2) is 5.06. The van der Waals surface area contributed by atoms with E-state index >= 15 is 0 Å². The van der Waals surface area contributed by atoms with Crippen molar-refractivity contribution < 1.29 is 27.1 Å². The molecule has 1 saturated heterocycles. The van der Waals surface area contributed by atoms with Crippen molar-refractivity contribution in [3.8, 4) is 0 Å². The van der Waals surface area contributed by atoms with Crippen LogP contribution < -0.4 is 0 Å². The SMILES string of the molecule is O=C(F)C1CCC(c2cc(F)c(F)c(F)c2)OC1. The third-order valence-electron chi connectivity index (χ3n) is 2.97. The molecule has 18 heavy (non-hydrogen) atoms. The van der Waals surface area contributed by atoms with Gasteiger partial charge in [-0.2, -0.15) is 4.39 Å². The molecule has 98 valence electrons. The van der Waals surface area contributed by atoms with Crippen LogP contribution in [0.2, 0.25) is 0 Å². The van der Waals surface area contributed by atoms with Gasteiger partial charge >= 0.3 is 6.04 Å². The molecule has 0 aromatic heterocycles. The van der Waals surface area contributed by atoms with Gasteiger partial charge in [-0.1, -0.05) is 0 Å². The molecule has 2 atom stereocenters. The third-order valence-corrected chi connectivity index (χ3v) is 2.97. The van der Waals surface area contributed by atoms with Crippen LogP contribution in [-0.4, -0.2) is 12.6 Å². The van der Waals surface area contributed by atoms with Crippen LogP contribution in [-0.2, 0) is 9.53 Å². The number of ether oxygens (including phenoxy) is 1. The number of benzene rings is 1. The summed E-state index contributed by atoms with van der Waals surface area (Å²) < 4.78 is 56.4. The predicted molar refractivity (Wildman–Crippen MR) is 53.8 cm³/mol. The van der Waals surface area contributed by atoms with Crippen molar-refractivity contribution in [2.45, 2.75) is 18.9 Å². The monoisotopic (exact) mass is 262 g/mol. The lowest BCUT2D eigenvalue weighted by molar-refractivity contribution is -0.140. The van der Waals surface area contributed by atoms with E-state index in [-0.39, 0.29) is 25.0 Å². The van der Waals surface area contributed by atoms with Crippen LogP contribution in [0.3, 0.4) is 0 Å². The summed E-state index contributed by atoms with van der Waals surface area (Å²) in [5, 5.41) is 0. The van der Waals surface area contributed by atoms with Gasteiger partial charge in [0.05, 0.1) is 18.6 Å². The molecule has 6 heteroatoms. The molecule has 0 bridgehead atoms. The first-order valence-electron chi connectivity index (χ1n) is 5.44. The first-order valence-corrected chi connectivity index (χ1v) is 5.44. The largest absolute Gasteiger partial charge is 0.373 e. The van der Waals surface area contributed by atoms with Crippen LogP contribution in [0.15, 0.2) is 12.1 Å². The fourth-order valence-corrected chi connectivity index (χ4v) is 1.95. The highest BCUT2D eigenvalue weighted by Crippen LogP contribution is 2.32. The van der Waals surface area contributed by atoms with Crippen molar-refractivity contribution in [2.75, 3.05) is 6.61 Å². The molecular weight excluding hydrogens is 252 g/mol. The van der Waals surface area contributed by atoms with Gasteiger partial charge in [0.1, 0.15) is 0 Å². The Morgan fingerprint density at radius 2 is 1.78 bits per heavy atom. The van der Waals surface area contributed by atoms with Gasteiger partial charge < -0.3 is 4.74 Å². The van der Waals surface area contributed by atoms with Crippen LogP contribution in [0.4, 0.5) is 17.6 Å². The number of carbonyl (C=O) groups is 1. The van der Waals surface area contributed by atoms with E-state index in [0.29, 0.717) is 0 Å². The van der Waals surface area contributed by atoms with Gasteiger partial charge in [0.15, 0.2) is 17.5 Å². The molecule has 0 N–H and O–H groups in total. The summed E-state index contributed by atoms with van der Waals surface area (Å²) in [6, 6.07) is 0.242. The molecule has 1 aromatic rings. The lowest BCUT2D eigenvalue weighted by Crippen LogP contribution is -2.25. The highest BCUT2D eigenvalue weighted by atomic mass is 19.2. The maximum Gasteiger partial charge on any atom is 0.306 e. The Labute approximate surface area is 101 Å². The molecule has 1 aliphatic heterocycles. The lowest BCUT2D eigenvalue weighted by Gasteiger charge is -2.26. The Balaban J connectivity index is 2.12. The topological polar surface area (TPSA) is 26.3 Å². The first kappa shape index (κ1) is 13.0. The fraction of sp³-hybridized carbons (Fsp3) is 0.417. The van der Waals surface area contributed by atoms with E-state index in [4.69, 9.17) is 4.74 Å². The standard InChI is InChI=1S/C12H10F4O2/c13-8-3-7(4-9(14)11(8)15)10-2-1-6(5-18-10)12(16)17/h3-4,6,10H,1-2,5H2. The van der Waals surface area contributed by atoms with E-state index in [1.807, 2.05) is 0 Å². The maximum absolute atomic E-state index is 13.0. The summed E-state index contributed by atoms with van der Waals surface area (Å²) in [6.45, 7) is -0.138. The zero-order valence-electron chi connectivity index (χ0n) is 9.26. The molecule has 0 saturated carbocycles. The molecule has 1 aliphatic rings. The first-order chi connectivity index (χ1) is 8.49. The summed E-state index contributed by atoms with van der Waals surface area (Å²) in [5.41, 5.74) is 0.149. The smallest absolute Gasteiger partial charge is 0.306 e. The minimum Gasteiger partial charge on any atom is -0.373 e. The van der Waals surface area contributed by atoms with Crippen LogP contribution in [0.1, 0.15) is 24.5 Å². The Kier molecular flexibility index (Phi) is 3.65. The molecule has 2 unspecified atom stereocenters. The number of rotatable bonds is 2. The molecule has 0 aliphatic carbocycles. The van der Waals surface area contributed by atoms with Gasteiger partial charge in [0, 0.05) is 0 Å². The van der Waals surface area contributed by atoms with Crippen LogP contribution in [0.25, 0.3) is 0 Å². The van der Waals surface area contributed by atoms with E-state index in [0.717, 1.165) is 12.1 Å². The van der Waals surface area contributed by atoms with Crippen LogP contribution in [0.5, 0.6) is 0 Å². The van der Waals surface area contributed by atoms with Gasteiger partial charge in [0.25, 0.3) is 0 Å². The number of carbonyl (C=O) groups excluding carboxylic acids is 1. The normalized spacial score (nSPS) is 24.0. The van der Waals surface area contributed by atoms with Gasteiger partial charge in [-0.25, -0.2) is 13.2 Å². The Bertz CT molecular complexity index is 444. The average Bonchev–Trinajstić information content (AvgIpc) is 2.35. The van der Waals surface area contributed by atoms with Gasteiger partial charge in [-0.3, -0.25) is 4.79 Å². The molecule has 1 aromatic carbocycles. The number of hydrogen-bond acceptors (Lipinski definition) is 2. The fourth-order valence-electron chi connectivity index (χ4n) is 1.95. The summed E-state index contributed by atoms with van der Waals surface area (Å²) in [4.78, 5) is 10.5. The van der Waals surface area contributed by atoms with Crippen molar-refractivity contribution in [2.24, 2.45) is 5.92 Å². The van der Waals surface area contributed by atoms with Gasteiger partial charge in [-0.05, 0) is 30.5 Å². The predicted octanol–water partition coefficient (Wildman–Crippen LogP) is 3.07. The molecule has 1 fully saturated rings. The van der Waals surface area contributed by atoms with E-state index in [1.165, 1.54) is 0 Å². The molecule has 1 heterocycles. The highest BCUT2D eigenvalue weighted by molar-refractivity contribution is 5.71. The zero-order chi connectivity index (χ0) is 13.3. The summed E-state index contributed by atoms with van der Waals surface area (Å²) in [5.74, 6) is -4.95. The lowest BCUT2D eigenvalue weighted by atomic mass is 9.95. The maximum atomic E-state index is 13.0. The summed E-state index contributed by atoms with van der Waals surface area (Å²) >= 11 is 0. The number of hydrogen-bond donors (Lipinski definition) is 0. The van der Waals surface area contributed by atoms with E-state index < -0.39 is 35.5 Å². The van der Waals surface area contributed by atoms with E-state index in [1.54, 1.807) is 0 Å². The van der Waals surface area contributed by atoms with E-state index in [9.17, 15) is 22.4 Å². The molecule has 0 amide bonds. The summed E-state index contributed by atoms with van der Waals surface area (Å²) in [7, 11) is 0. The van der Waals surface area contributed by atoms with Crippen LogP contribution >= 0.6 is 0 Å². The second-order valence-corrected chi connectivity index (χ2v) is 4.20. The van der Waals surface area contributed by atoms with Crippen molar-refractivity contribution in [1.82, 2.24) is 0 Å². The highest BCUT2D eigenvalue weighted by Gasteiger charge is 2.28. The molecule has 0 radical (unpaired) electrons. The average molecular weight is 262 g/mol. The van der Waals surface area contributed by atoms with Crippen molar-refractivity contribution in [3.63, 3.8) is 0 Å². The third kappa shape index (κ3) is 2.53. The Morgan fingerprint density at radius 1 is 1.17 bits per heavy atom. The zero-order valence-corrected chi connectivity index (χ0v) is 9.26. The molecule has 2 rings (SSSR count). The van der Waals surface area contributed by atoms with Gasteiger partial charge in [-0.15, -0.1) is 0 Å². The second-order valence-electron chi connectivity index (χ2n) is 4.20. The van der Waals surface area contributed by atoms with E-state index in [2.05, 4.69) is 0 Å². The molecule has 2 nitrogen and oxygen atoms in total. The van der Waals surface area contributed by atoms with Crippen molar-refractivity contribution in [1.29, 1.82) is 0 Å². The Hall–Kier alpha value is -1.43. The van der Waals surface area contributed by atoms with Crippen LogP contribution in [0, 0.1) is 23.4 Å². The minimum absolute atomic E-state index is 0.138. The quantitative estimate of drug-likeness (QED) is 0.465. The molecule has 0 spiro atoms. The Morgan fingerprint density at radius 3 is 2.22 bits per heavy atom. The minimum atomic E-state index is -1.54. The van der Waals surface area contributed by atoms with Crippen molar-refractivity contribution >= 4 is 6.04 Å². The van der Waals surface area contributed by atoms with Gasteiger partial charge in [0.2, 0.25) is 0 Å². The van der Waals surface area contributed by atoms with Crippen molar-refractivity contribution in [3.05, 3.63) is 35.1 Å². The summed E-state index contributed by atoms with van der Waals surface area (Å²) in [6.07, 6.45) is -0.156. The molecular formula is C12H10F4O2. The number of halogens is 4.